The normalized spacial score (nSPS) is 14.3. The Balaban J connectivity index is 1.68. The number of anilines is 2. The van der Waals surface area contributed by atoms with Gasteiger partial charge in [0.25, 0.3) is 0 Å². The van der Waals surface area contributed by atoms with Crippen LogP contribution < -0.4 is 24.0 Å². The summed E-state index contributed by atoms with van der Waals surface area (Å²) in [6.07, 6.45) is 0. The van der Waals surface area contributed by atoms with Crippen molar-refractivity contribution in [2.24, 2.45) is 0 Å². The van der Waals surface area contributed by atoms with Crippen LogP contribution in [0, 0.1) is 0 Å². The molecule has 0 unspecified atom stereocenters. The molecular formula is C18H25N5O3. The number of aromatic nitrogens is 3. The Kier molecular flexibility index (Phi) is 5.93. The van der Waals surface area contributed by atoms with Crippen molar-refractivity contribution < 1.29 is 14.2 Å². The number of nitrogens with zero attached hydrogens (tertiary/aromatic N) is 5. The number of hydrogen-bond acceptors (Lipinski definition) is 8. The smallest absolute Gasteiger partial charge is 0.324 e. The second-order valence-corrected chi connectivity index (χ2v) is 5.74. The van der Waals surface area contributed by atoms with Crippen LogP contribution in [0.4, 0.5) is 11.6 Å². The van der Waals surface area contributed by atoms with Gasteiger partial charge in [0.2, 0.25) is 5.95 Å². The third-order valence-electron chi connectivity index (χ3n) is 4.13. The van der Waals surface area contributed by atoms with Gasteiger partial charge in [0.05, 0.1) is 20.3 Å². The highest BCUT2D eigenvalue weighted by Crippen LogP contribution is 2.23. The summed E-state index contributed by atoms with van der Waals surface area (Å²) in [7, 11) is 1.68. The van der Waals surface area contributed by atoms with Crippen LogP contribution >= 0.6 is 0 Å². The first kappa shape index (κ1) is 18.0. The Labute approximate surface area is 153 Å². The van der Waals surface area contributed by atoms with E-state index in [4.69, 9.17) is 14.2 Å². The molecule has 8 nitrogen and oxygen atoms in total. The Hall–Kier alpha value is -2.77. The molecule has 0 atom stereocenters. The number of hydrogen-bond donors (Lipinski definition) is 0. The van der Waals surface area contributed by atoms with Gasteiger partial charge in [-0.1, -0.05) is 0 Å². The molecule has 1 aliphatic heterocycles. The molecular weight excluding hydrogens is 334 g/mol. The van der Waals surface area contributed by atoms with E-state index >= 15 is 0 Å². The van der Waals surface area contributed by atoms with Crippen molar-refractivity contribution >= 4 is 11.6 Å². The molecule has 0 radical (unpaired) electrons. The third kappa shape index (κ3) is 4.25. The highest BCUT2D eigenvalue weighted by molar-refractivity contribution is 5.50. The van der Waals surface area contributed by atoms with Gasteiger partial charge in [-0.05, 0) is 38.1 Å². The quantitative estimate of drug-likeness (QED) is 0.743. The lowest BCUT2D eigenvalue weighted by atomic mass is 10.2. The zero-order valence-corrected chi connectivity index (χ0v) is 15.5. The van der Waals surface area contributed by atoms with E-state index in [1.54, 1.807) is 7.11 Å². The van der Waals surface area contributed by atoms with Crippen LogP contribution in [0.3, 0.4) is 0 Å². The number of methoxy groups -OCH3 is 1. The van der Waals surface area contributed by atoms with Crippen molar-refractivity contribution in [1.82, 2.24) is 15.0 Å². The molecule has 2 aromatic rings. The molecule has 0 amide bonds. The molecule has 1 saturated heterocycles. The fraction of sp³-hybridized carbons (Fsp3) is 0.500. The fourth-order valence-corrected chi connectivity index (χ4v) is 2.81. The first-order valence-corrected chi connectivity index (χ1v) is 8.89. The lowest BCUT2D eigenvalue weighted by Crippen LogP contribution is -2.47. The van der Waals surface area contributed by atoms with Gasteiger partial charge in [0.1, 0.15) is 5.75 Å². The highest BCUT2D eigenvalue weighted by Gasteiger charge is 2.21. The predicted octanol–water partition coefficient (Wildman–Crippen LogP) is 2.00. The van der Waals surface area contributed by atoms with Crippen molar-refractivity contribution in [2.75, 3.05) is 56.3 Å². The summed E-state index contributed by atoms with van der Waals surface area (Å²) in [5.74, 6) is 1.46. The number of piperazine rings is 1. The molecule has 3 rings (SSSR count). The van der Waals surface area contributed by atoms with E-state index in [0.717, 1.165) is 31.9 Å². The van der Waals surface area contributed by atoms with E-state index < -0.39 is 0 Å². The molecule has 0 N–H and O–H groups in total. The highest BCUT2D eigenvalue weighted by atomic mass is 16.5. The maximum absolute atomic E-state index is 5.45. The van der Waals surface area contributed by atoms with E-state index in [9.17, 15) is 0 Å². The lowest BCUT2D eigenvalue weighted by molar-refractivity contribution is 0.279. The van der Waals surface area contributed by atoms with Gasteiger partial charge in [-0.25, -0.2) is 0 Å². The molecule has 1 aromatic heterocycles. The van der Waals surface area contributed by atoms with Crippen molar-refractivity contribution in [3.63, 3.8) is 0 Å². The Morgan fingerprint density at radius 2 is 1.35 bits per heavy atom. The molecule has 0 aliphatic carbocycles. The summed E-state index contributed by atoms with van der Waals surface area (Å²) in [5, 5.41) is 0. The number of rotatable bonds is 7. The molecule has 0 spiro atoms. The molecule has 140 valence electrons. The zero-order chi connectivity index (χ0) is 18.4. The monoisotopic (exact) mass is 359 g/mol. The number of ether oxygens (including phenoxy) is 3. The van der Waals surface area contributed by atoms with Crippen LogP contribution in [-0.2, 0) is 0 Å². The first-order chi connectivity index (χ1) is 12.7. The van der Waals surface area contributed by atoms with Gasteiger partial charge in [-0.3, -0.25) is 0 Å². The van der Waals surface area contributed by atoms with Gasteiger partial charge in [0, 0.05) is 31.9 Å². The second-order valence-electron chi connectivity index (χ2n) is 5.74. The SMILES string of the molecule is CCOc1nc(OCC)nc(N2CCN(c3ccc(OC)cc3)CC2)n1. The van der Waals surface area contributed by atoms with Crippen molar-refractivity contribution in [2.45, 2.75) is 13.8 Å². The summed E-state index contributed by atoms with van der Waals surface area (Å²) in [5.41, 5.74) is 1.19. The molecule has 0 saturated carbocycles. The number of benzene rings is 1. The Morgan fingerprint density at radius 1 is 0.808 bits per heavy atom. The minimum Gasteiger partial charge on any atom is -0.497 e. The minimum atomic E-state index is 0.304. The summed E-state index contributed by atoms with van der Waals surface area (Å²) in [6, 6.07) is 8.74. The topological polar surface area (TPSA) is 72.8 Å². The van der Waals surface area contributed by atoms with Gasteiger partial charge in [-0.2, -0.15) is 9.97 Å². The summed E-state index contributed by atoms with van der Waals surface area (Å²) in [4.78, 5) is 17.5. The maximum Gasteiger partial charge on any atom is 0.324 e. The van der Waals surface area contributed by atoms with E-state index in [1.165, 1.54) is 5.69 Å². The Bertz CT molecular complexity index is 678. The van der Waals surface area contributed by atoms with E-state index in [2.05, 4.69) is 36.9 Å². The van der Waals surface area contributed by atoms with Gasteiger partial charge in [0.15, 0.2) is 0 Å². The van der Waals surface area contributed by atoms with E-state index in [-0.39, 0.29) is 0 Å². The van der Waals surface area contributed by atoms with Crippen LogP contribution in [0.25, 0.3) is 0 Å². The molecule has 8 heteroatoms. The molecule has 1 aliphatic rings. The zero-order valence-electron chi connectivity index (χ0n) is 15.5. The second kappa shape index (κ2) is 8.55. The van der Waals surface area contributed by atoms with Gasteiger partial charge >= 0.3 is 12.0 Å². The van der Waals surface area contributed by atoms with Crippen molar-refractivity contribution in [3.05, 3.63) is 24.3 Å². The standard InChI is InChI=1S/C18H25N5O3/c1-4-25-17-19-16(20-18(21-17)26-5-2)23-12-10-22(11-13-23)14-6-8-15(24-3)9-7-14/h6-9H,4-5,10-13H2,1-3H3. The molecule has 0 bridgehead atoms. The lowest BCUT2D eigenvalue weighted by Gasteiger charge is -2.36. The molecule has 26 heavy (non-hydrogen) atoms. The van der Waals surface area contributed by atoms with Gasteiger partial charge < -0.3 is 24.0 Å². The Morgan fingerprint density at radius 3 is 1.85 bits per heavy atom. The minimum absolute atomic E-state index is 0.304. The average molecular weight is 359 g/mol. The van der Waals surface area contributed by atoms with E-state index in [0.29, 0.717) is 31.2 Å². The molecule has 1 fully saturated rings. The van der Waals surface area contributed by atoms with Crippen LogP contribution in [0.2, 0.25) is 0 Å². The van der Waals surface area contributed by atoms with E-state index in [1.807, 2.05) is 26.0 Å². The van der Waals surface area contributed by atoms with Crippen LogP contribution in [0.15, 0.2) is 24.3 Å². The van der Waals surface area contributed by atoms with Crippen LogP contribution in [-0.4, -0.2) is 61.5 Å². The first-order valence-electron chi connectivity index (χ1n) is 8.89. The van der Waals surface area contributed by atoms with Gasteiger partial charge in [-0.15, -0.1) is 4.98 Å². The fourth-order valence-electron chi connectivity index (χ4n) is 2.81. The van der Waals surface area contributed by atoms with Crippen LogP contribution in [0.5, 0.6) is 17.8 Å². The van der Waals surface area contributed by atoms with Crippen molar-refractivity contribution in [3.8, 4) is 17.8 Å². The predicted molar refractivity (Wildman–Crippen MR) is 99.6 cm³/mol. The summed E-state index contributed by atoms with van der Waals surface area (Å²) < 4.78 is 16.1. The largest absolute Gasteiger partial charge is 0.497 e. The van der Waals surface area contributed by atoms with Crippen LogP contribution in [0.1, 0.15) is 13.8 Å². The summed E-state index contributed by atoms with van der Waals surface area (Å²) in [6.45, 7) is 8.19. The molecule has 2 heterocycles. The third-order valence-corrected chi connectivity index (χ3v) is 4.13. The average Bonchev–Trinajstić information content (AvgIpc) is 2.68. The molecule has 1 aromatic carbocycles. The maximum atomic E-state index is 5.45. The summed E-state index contributed by atoms with van der Waals surface area (Å²) >= 11 is 0. The van der Waals surface area contributed by atoms with Crippen molar-refractivity contribution in [1.29, 1.82) is 0 Å².